The fraction of sp³-hybridized carbons (Fsp3) is 0.600. The van der Waals surface area contributed by atoms with Crippen LogP contribution in [0.15, 0.2) is 18.2 Å². The van der Waals surface area contributed by atoms with Crippen LogP contribution in [0.3, 0.4) is 0 Å². The van der Waals surface area contributed by atoms with Crippen molar-refractivity contribution in [2.75, 3.05) is 19.6 Å². The van der Waals surface area contributed by atoms with Gasteiger partial charge in [0.05, 0.1) is 6.04 Å². The third-order valence-corrected chi connectivity index (χ3v) is 6.25. The van der Waals surface area contributed by atoms with Gasteiger partial charge in [0.25, 0.3) is 0 Å². The molecule has 3 fully saturated rings. The fourth-order valence-electron chi connectivity index (χ4n) is 4.45. The third-order valence-electron chi connectivity index (χ3n) is 6.25. The zero-order valence-electron chi connectivity index (χ0n) is 15.3. The highest BCUT2D eigenvalue weighted by Crippen LogP contribution is 2.42. The molecule has 0 radical (unpaired) electrons. The molecule has 1 saturated carbocycles. The number of nitrogens with two attached hydrogens (primary N) is 1. The molecule has 1 aliphatic carbocycles. The van der Waals surface area contributed by atoms with E-state index in [0.717, 1.165) is 31.7 Å². The molecule has 2 heterocycles. The number of carbonyl (C=O) groups excluding carboxylic acids is 2. The van der Waals surface area contributed by atoms with E-state index in [2.05, 4.69) is 0 Å². The fourth-order valence-corrected chi connectivity index (χ4v) is 4.45. The number of likely N-dealkylation sites (tertiary alicyclic amines) is 2. The van der Waals surface area contributed by atoms with E-state index in [1.54, 1.807) is 4.90 Å². The Morgan fingerprint density at radius 3 is 2.41 bits per heavy atom. The average Bonchev–Trinajstić information content (AvgIpc) is 3.40. The molecule has 2 amide bonds. The van der Waals surface area contributed by atoms with Gasteiger partial charge in [-0.1, -0.05) is 0 Å². The summed E-state index contributed by atoms with van der Waals surface area (Å²) in [4.78, 5) is 28.5. The number of nitrogens with zero attached hydrogens (tertiary/aromatic N) is 2. The summed E-state index contributed by atoms with van der Waals surface area (Å²) in [6.07, 6.45) is 4.02. The molecule has 3 aliphatic rings. The lowest BCUT2D eigenvalue weighted by molar-refractivity contribution is -0.135. The Morgan fingerprint density at radius 2 is 1.81 bits per heavy atom. The van der Waals surface area contributed by atoms with E-state index in [9.17, 15) is 18.4 Å². The van der Waals surface area contributed by atoms with Crippen LogP contribution in [0.25, 0.3) is 0 Å². The second-order valence-corrected chi connectivity index (χ2v) is 8.39. The summed E-state index contributed by atoms with van der Waals surface area (Å²) in [5.41, 5.74) is 6.35. The van der Waals surface area contributed by atoms with Gasteiger partial charge in [-0.05, 0) is 49.3 Å². The van der Waals surface area contributed by atoms with E-state index >= 15 is 0 Å². The first-order chi connectivity index (χ1) is 12.8. The van der Waals surface area contributed by atoms with E-state index in [0.29, 0.717) is 37.5 Å². The zero-order valence-corrected chi connectivity index (χ0v) is 15.3. The highest BCUT2D eigenvalue weighted by Gasteiger charge is 2.46. The highest BCUT2D eigenvalue weighted by molar-refractivity contribution is 5.83. The van der Waals surface area contributed by atoms with Crippen LogP contribution in [-0.2, 0) is 16.1 Å². The van der Waals surface area contributed by atoms with Gasteiger partial charge in [-0.3, -0.25) is 9.59 Å². The number of carbonyl (C=O) groups is 2. The van der Waals surface area contributed by atoms with Crippen LogP contribution in [0, 0.1) is 23.0 Å². The molecule has 1 aromatic rings. The van der Waals surface area contributed by atoms with Crippen LogP contribution in [0.2, 0.25) is 0 Å². The molecular weight excluding hydrogens is 352 g/mol. The Morgan fingerprint density at radius 1 is 1.19 bits per heavy atom. The normalized spacial score (nSPS) is 23.1. The number of hydrogen-bond acceptors (Lipinski definition) is 3. The van der Waals surface area contributed by atoms with Gasteiger partial charge in [0.15, 0.2) is 0 Å². The van der Waals surface area contributed by atoms with Gasteiger partial charge in [-0.25, -0.2) is 8.78 Å². The van der Waals surface area contributed by atoms with Gasteiger partial charge in [-0.2, -0.15) is 0 Å². The minimum Gasteiger partial charge on any atom is -0.341 e. The molecule has 2 saturated heterocycles. The van der Waals surface area contributed by atoms with Crippen molar-refractivity contribution in [3.05, 3.63) is 35.4 Å². The van der Waals surface area contributed by atoms with Gasteiger partial charge in [-0.15, -0.1) is 0 Å². The minimum absolute atomic E-state index is 0.00845. The smallest absolute Gasteiger partial charge is 0.239 e. The molecule has 146 valence electrons. The van der Waals surface area contributed by atoms with Crippen molar-refractivity contribution in [2.24, 2.45) is 17.1 Å². The van der Waals surface area contributed by atoms with E-state index in [-0.39, 0.29) is 29.8 Å². The van der Waals surface area contributed by atoms with Crippen molar-refractivity contribution in [3.8, 4) is 0 Å². The van der Waals surface area contributed by atoms with Gasteiger partial charge in [0.2, 0.25) is 11.8 Å². The number of rotatable bonds is 4. The Bertz CT molecular complexity index is 737. The molecule has 1 spiro atoms. The first-order valence-electron chi connectivity index (χ1n) is 9.62. The summed E-state index contributed by atoms with van der Waals surface area (Å²) in [6, 6.07) is 2.98. The molecule has 2 aliphatic heterocycles. The largest absolute Gasteiger partial charge is 0.341 e. The lowest BCUT2D eigenvalue weighted by Gasteiger charge is -2.39. The summed E-state index contributed by atoms with van der Waals surface area (Å²) in [6.45, 7) is 2.02. The predicted octanol–water partition coefficient (Wildman–Crippen LogP) is 2.04. The molecule has 0 aromatic heterocycles. The number of piperidine rings is 1. The van der Waals surface area contributed by atoms with E-state index < -0.39 is 11.6 Å². The van der Waals surface area contributed by atoms with Crippen molar-refractivity contribution in [2.45, 2.75) is 44.7 Å². The molecule has 4 rings (SSSR count). The first-order valence-corrected chi connectivity index (χ1v) is 9.62. The first kappa shape index (κ1) is 18.3. The number of amides is 2. The number of halogens is 2. The van der Waals surface area contributed by atoms with Crippen molar-refractivity contribution >= 4 is 11.8 Å². The Balaban J connectivity index is 1.36. The van der Waals surface area contributed by atoms with Crippen LogP contribution >= 0.6 is 0 Å². The predicted molar refractivity (Wildman–Crippen MR) is 95.3 cm³/mol. The molecular formula is C20H25F2N3O2. The maximum absolute atomic E-state index is 13.4. The van der Waals surface area contributed by atoms with Crippen molar-refractivity contribution in [1.29, 1.82) is 0 Å². The number of hydrogen-bond donors (Lipinski definition) is 1. The van der Waals surface area contributed by atoms with Crippen LogP contribution in [0.4, 0.5) is 8.78 Å². The molecule has 2 N–H and O–H groups in total. The van der Waals surface area contributed by atoms with Crippen molar-refractivity contribution in [1.82, 2.24) is 9.80 Å². The standard InChI is InChI=1S/C20H25F2N3O2/c21-15-7-13(8-16(22)9-15)11-25-12-20(10-17(25)26)3-5-24(6-4-20)19(27)18(23)14-1-2-14/h7-9,14,18H,1-6,10-12,23H2. The van der Waals surface area contributed by atoms with Crippen molar-refractivity contribution < 1.29 is 18.4 Å². The Hall–Kier alpha value is -2.02. The summed E-state index contributed by atoms with van der Waals surface area (Å²) in [5.74, 6) is -0.892. The molecule has 1 aromatic carbocycles. The zero-order chi connectivity index (χ0) is 19.2. The average molecular weight is 377 g/mol. The lowest BCUT2D eigenvalue weighted by Crippen LogP contribution is -2.50. The summed E-state index contributed by atoms with van der Waals surface area (Å²) >= 11 is 0. The molecule has 5 nitrogen and oxygen atoms in total. The van der Waals surface area contributed by atoms with Gasteiger partial charge >= 0.3 is 0 Å². The minimum atomic E-state index is -0.634. The summed E-state index contributed by atoms with van der Waals surface area (Å²) in [7, 11) is 0. The quantitative estimate of drug-likeness (QED) is 0.873. The second-order valence-electron chi connectivity index (χ2n) is 8.39. The van der Waals surface area contributed by atoms with E-state index in [1.165, 1.54) is 12.1 Å². The molecule has 1 atom stereocenters. The van der Waals surface area contributed by atoms with Crippen LogP contribution < -0.4 is 5.73 Å². The maximum Gasteiger partial charge on any atom is 0.239 e. The van der Waals surface area contributed by atoms with Crippen LogP contribution in [-0.4, -0.2) is 47.3 Å². The van der Waals surface area contributed by atoms with Crippen LogP contribution in [0.1, 0.15) is 37.7 Å². The monoisotopic (exact) mass is 377 g/mol. The Kier molecular flexibility index (Phi) is 4.66. The molecule has 0 bridgehead atoms. The van der Waals surface area contributed by atoms with Gasteiger partial charge < -0.3 is 15.5 Å². The van der Waals surface area contributed by atoms with E-state index in [4.69, 9.17) is 5.73 Å². The topological polar surface area (TPSA) is 66.6 Å². The molecule has 27 heavy (non-hydrogen) atoms. The highest BCUT2D eigenvalue weighted by atomic mass is 19.1. The lowest BCUT2D eigenvalue weighted by atomic mass is 9.77. The Labute approximate surface area is 157 Å². The van der Waals surface area contributed by atoms with Gasteiger partial charge in [0, 0.05) is 44.1 Å². The molecule has 7 heteroatoms. The maximum atomic E-state index is 13.4. The number of benzene rings is 1. The SMILES string of the molecule is NC(C(=O)N1CCC2(CC1)CC(=O)N(Cc1cc(F)cc(F)c1)C2)C1CC1. The van der Waals surface area contributed by atoms with E-state index in [1.807, 2.05) is 4.90 Å². The molecule has 1 unspecified atom stereocenters. The second kappa shape index (κ2) is 6.86. The van der Waals surface area contributed by atoms with Crippen LogP contribution in [0.5, 0.6) is 0 Å². The third kappa shape index (κ3) is 3.83. The van der Waals surface area contributed by atoms with Crippen molar-refractivity contribution in [3.63, 3.8) is 0 Å². The summed E-state index contributed by atoms with van der Waals surface area (Å²) in [5, 5.41) is 0. The van der Waals surface area contributed by atoms with Gasteiger partial charge in [0.1, 0.15) is 11.6 Å². The summed E-state index contributed by atoms with van der Waals surface area (Å²) < 4.78 is 26.8.